The summed E-state index contributed by atoms with van der Waals surface area (Å²) in [6.07, 6.45) is 1.54. The predicted molar refractivity (Wildman–Crippen MR) is 66.7 cm³/mol. The molecule has 0 fully saturated rings. The lowest BCUT2D eigenvalue weighted by molar-refractivity contribution is 0.215. The van der Waals surface area contributed by atoms with Crippen LogP contribution in [-0.4, -0.2) is 18.5 Å². The highest BCUT2D eigenvalue weighted by atomic mass is 35.6. The molecule has 0 spiro atoms. The summed E-state index contributed by atoms with van der Waals surface area (Å²) < 4.78 is -3.40. The number of allylic oxidation sites excluding steroid dienone is 2. The van der Waals surface area contributed by atoms with Crippen molar-refractivity contribution in [3.8, 4) is 0 Å². The van der Waals surface area contributed by atoms with Gasteiger partial charge in [-0.05, 0) is 13.0 Å². The molecule has 1 rings (SSSR count). The minimum Gasteiger partial charge on any atom is -0.278 e. The van der Waals surface area contributed by atoms with E-state index < -0.39 is 7.71 Å². The van der Waals surface area contributed by atoms with Crippen LogP contribution in [0, 0.1) is 0 Å². The summed E-state index contributed by atoms with van der Waals surface area (Å²) in [6, 6.07) is 0. The molecular formula is C6H5Cl6N3. The second kappa shape index (κ2) is 4.55. The van der Waals surface area contributed by atoms with E-state index >= 15 is 0 Å². The third-order valence-electron chi connectivity index (χ3n) is 1.38. The number of nitrogens with zero attached hydrogens (tertiary/aromatic N) is 2. The van der Waals surface area contributed by atoms with Gasteiger partial charge in [-0.1, -0.05) is 69.6 Å². The van der Waals surface area contributed by atoms with E-state index in [1.807, 2.05) is 0 Å². The second-order valence-corrected chi connectivity index (χ2v) is 7.19. The number of halogens is 6. The first kappa shape index (κ1) is 13.8. The number of nitrogens with one attached hydrogen (secondary N) is 1. The van der Waals surface area contributed by atoms with Gasteiger partial charge in [0.15, 0.2) is 0 Å². The Bertz CT molecular complexity index is 312. The van der Waals surface area contributed by atoms with Crippen molar-refractivity contribution in [1.29, 1.82) is 0 Å². The molecule has 0 radical (unpaired) electrons. The van der Waals surface area contributed by atoms with E-state index in [0.29, 0.717) is 5.71 Å². The number of rotatable bonds is 0. The number of hydrazone groups is 1. The van der Waals surface area contributed by atoms with E-state index in [1.165, 1.54) is 0 Å². The van der Waals surface area contributed by atoms with Gasteiger partial charge in [-0.15, -0.1) is 0 Å². The normalized spacial score (nSPS) is 18.2. The molecule has 86 valence electrons. The molecule has 0 saturated heterocycles. The Morgan fingerprint density at radius 2 is 1.73 bits per heavy atom. The fourth-order valence-corrected chi connectivity index (χ4v) is 1.36. The van der Waals surface area contributed by atoms with Gasteiger partial charge in [0.25, 0.3) is 0 Å². The molecule has 1 N–H and O–H groups in total. The van der Waals surface area contributed by atoms with Gasteiger partial charge in [0, 0.05) is 0 Å². The zero-order valence-electron chi connectivity index (χ0n) is 7.24. The lowest BCUT2D eigenvalue weighted by Gasteiger charge is -2.33. The molecule has 3 nitrogen and oxygen atoms in total. The van der Waals surface area contributed by atoms with Crippen LogP contribution in [0.2, 0.25) is 0 Å². The maximum absolute atomic E-state index is 5.68. The van der Waals surface area contributed by atoms with Gasteiger partial charge in [0.2, 0.25) is 3.79 Å². The summed E-state index contributed by atoms with van der Waals surface area (Å²) in [6.45, 7) is 1.68. The summed E-state index contributed by atoms with van der Waals surface area (Å²) in [5.74, 6) is 0. The summed E-state index contributed by atoms with van der Waals surface area (Å²) >= 11 is 33.9. The third kappa shape index (κ3) is 3.91. The highest BCUT2D eigenvalue weighted by Gasteiger charge is 2.36. The topological polar surface area (TPSA) is 27.6 Å². The van der Waals surface area contributed by atoms with Crippen LogP contribution in [0.3, 0.4) is 0 Å². The average molecular weight is 332 g/mol. The van der Waals surface area contributed by atoms with Crippen LogP contribution in [0.15, 0.2) is 16.9 Å². The molecule has 1 aliphatic rings. The molecule has 1 aliphatic heterocycles. The monoisotopic (exact) mass is 329 g/mol. The van der Waals surface area contributed by atoms with Crippen LogP contribution in [-0.2, 0) is 0 Å². The van der Waals surface area contributed by atoms with Crippen molar-refractivity contribution in [2.75, 3.05) is 0 Å². The largest absolute Gasteiger partial charge is 0.301 e. The van der Waals surface area contributed by atoms with Crippen molar-refractivity contribution < 1.29 is 0 Å². The Kier molecular flexibility index (Phi) is 4.19. The summed E-state index contributed by atoms with van der Waals surface area (Å²) in [4.78, 5) is 0. The van der Waals surface area contributed by atoms with Crippen LogP contribution < -0.4 is 5.43 Å². The highest BCUT2D eigenvalue weighted by molar-refractivity contribution is 6.69. The molecular weight excluding hydrogens is 327 g/mol. The first-order valence-corrected chi connectivity index (χ1v) is 5.85. The van der Waals surface area contributed by atoms with E-state index in [1.54, 1.807) is 13.0 Å². The van der Waals surface area contributed by atoms with Crippen LogP contribution in [0.4, 0.5) is 0 Å². The molecule has 15 heavy (non-hydrogen) atoms. The Morgan fingerprint density at radius 3 is 2.13 bits per heavy atom. The number of hydrogen-bond donors (Lipinski definition) is 1. The van der Waals surface area contributed by atoms with Crippen LogP contribution in [0.25, 0.3) is 0 Å². The quantitative estimate of drug-likeness (QED) is 0.540. The molecule has 0 bridgehead atoms. The van der Waals surface area contributed by atoms with E-state index in [9.17, 15) is 0 Å². The van der Waals surface area contributed by atoms with E-state index in [4.69, 9.17) is 69.6 Å². The van der Waals surface area contributed by atoms with E-state index in [-0.39, 0.29) is 5.70 Å². The first-order valence-electron chi connectivity index (χ1n) is 3.58. The van der Waals surface area contributed by atoms with Gasteiger partial charge >= 0.3 is 3.92 Å². The van der Waals surface area contributed by atoms with Crippen LogP contribution in [0.1, 0.15) is 6.92 Å². The van der Waals surface area contributed by atoms with Gasteiger partial charge in [0.05, 0.1) is 11.4 Å². The van der Waals surface area contributed by atoms with Crippen molar-refractivity contribution in [2.45, 2.75) is 14.6 Å². The Labute approximate surface area is 117 Å². The maximum atomic E-state index is 5.68. The lowest BCUT2D eigenvalue weighted by atomic mass is 10.3. The van der Waals surface area contributed by atoms with Crippen molar-refractivity contribution >= 4 is 75.3 Å². The number of hydrazine groups is 1. The van der Waals surface area contributed by atoms with Gasteiger partial charge in [-0.3, -0.25) is 5.43 Å². The third-order valence-corrected chi connectivity index (χ3v) is 2.47. The maximum Gasteiger partial charge on any atom is 0.301 e. The van der Waals surface area contributed by atoms with Gasteiger partial charge in [-0.25, -0.2) is 0 Å². The standard InChI is InChI=1S/C6H5Cl6N3/c1-3-2-4(5(7,8)9)14-15(13-3)6(10,11)12/h2,14H,1H3. The van der Waals surface area contributed by atoms with Crippen molar-refractivity contribution in [1.82, 2.24) is 10.5 Å². The minimum atomic E-state index is -1.77. The molecule has 0 aromatic carbocycles. The molecule has 9 heteroatoms. The summed E-state index contributed by atoms with van der Waals surface area (Å²) in [5.41, 5.74) is 3.38. The molecule has 0 saturated carbocycles. The number of alkyl halides is 6. The Hall–Kier alpha value is 0.750. The zero-order valence-corrected chi connectivity index (χ0v) is 11.8. The molecule has 1 heterocycles. The summed E-state index contributed by atoms with van der Waals surface area (Å²) in [7, 11) is 0. The highest BCUT2D eigenvalue weighted by Crippen LogP contribution is 2.37. The van der Waals surface area contributed by atoms with Crippen molar-refractivity contribution in [2.24, 2.45) is 5.10 Å². The van der Waals surface area contributed by atoms with Crippen LogP contribution >= 0.6 is 69.6 Å². The molecule has 0 aliphatic carbocycles. The van der Waals surface area contributed by atoms with Gasteiger partial charge in [0.1, 0.15) is 0 Å². The smallest absolute Gasteiger partial charge is 0.278 e. The first-order chi connectivity index (χ1) is 6.60. The van der Waals surface area contributed by atoms with Gasteiger partial charge < -0.3 is 0 Å². The molecule has 0 atom stereocenters. The number of hydrogen-bond acceptors (Lipinski definition) is 3. The van der Waals surface area contributed by atoms with E-state index in [0.717, 1.165) is 5.12 Å². The fourth-order valence-electron chi connectivity index (χ4n) is 0.832. The fraction of sp³-hybridized carbons (Fsp3) is 0.500. The lowest BCUT2D eigenvalue weighted by Crippen LogP contribution is -2.46. The van der Waals surface area contributed by atoms with E-state index in [2.05, 4.69) is 10.5 Å². The molecule has 0 aromatic rings. The van der Waals surface area contributed by atoms with Crippen LogP contribution in [0.5, 0.6) is 0 Å². The summed E-state index contributed by atoms with van der Waals surface area (Å²) in [5, 5.41) is 4.88. The molecule has 0 unspecified atom stereocenters. The minimum absolute atomic E-state index is 0.256. The second-order valence-electron chi connectivity index (χ2n) is 2.69. The average Bonchev–Trinajstić information content (AvgIpc) is 1.99. The SMILES string of the molecule is CC1=NN(C(Cl)(Cl)Cl)NC(C(Cl)(Cl)Cl)=C1. The molecule has 0 amide bonds. The van der Waals surface area contributed by atoms with Crippen molar-refractivity contribution in [3.05, 3.63) is 11.8 Å². The Morgan fingerprint density at radius 1 is 1.20 bits per heavy atom. The zero-order chi connectivity index (χ0) is 11.9. The molecule has 0 aromatic heterocycles. The Balaban J connectivity index is 2.96. The predicted octanol–water partition coefficient (Wildman–Crippen LogP) is 3.76. The van der Waals surface area contributed by atoms with Crippen molar-refractivity contribution in [3.63, 3.8) is 0 Å². The van der Waals surface area contributed by atoms with Gasteiger partial charge in [-0.2, -0.15) is 10.2 Å².